The lowest BCUT2D eigenvalue weighted by Crippen LogP contribution is -2.56. The predicted octanol–water partition coefficient (Wildman–Crippen LogP) is 3.22. The fraction of sp³-hybridized carbons (Fsp3) is 0.600. The molecule has 3 amide bonds. The summed E-state index contributed by atoms with van der Waals surface area (Å²) in [7, 11) is 0. The fourth-order valence-corrected chi connectivity index (χ4v) is 4.25. The summed E-state index contributed by atoms with van der Waals surface area (Å²) in [6.07, 6.45) is 4.58. The number of amides is 3. The highest BCUT2D eigenvalue weighted by molar-refractivity contribution is 5.89. The van der Waals surface area contributed by atoms with Gasteiger partial charge in [0, 0.05) is 19.6 Å². The molecule has 6 heteroatoms. The molecule has 1 aromatic rings. The maximum Gasteiger partial charge on any atom is 0.318 e. The smallest absolute Gasteiger partial charge is 0.318 e. The number of halogens is 1. The number of benzene rings is 1. The molecule has 2 aliphatic rings. The molecule has 2 N–H and O–H groups in total. The first kappa shape index (κ1) is 18.7. The van der Waals surface area contributed by atoms with E-state index < -0.39 is 11.9 Å². The van der Waals surface area contributed by atoms with E-state index >= 15 is 0 Å². The number of carbonyl (C=O) groups is 2. The molecule has 0 bridgehead atoms. The summed E-state index contributed by atoms with van der Waals surface area (Å²) in [5, 5.41) is 5.82. The number of piperazine rings is 1. The maximum absolute atomic E-state index is 13.6. The third kappa shape index (κ3) is 4.00. The largest absolute Gasteiger partial charge is 0.352 e. The quantitative estimate of drug-likeness (QED) is 0.846. The summed E-state index contributed by atoms with van der Waals surface area (Å²) in [5.41, 5.74) is 0.689. The van der Waals surface area contributed by atoms with Gasteiger partial charge < -0.3 is 15.5 Å². The van der Waals surface area contributed by atoms with Gasteiger partial charge in [0.2, 0.25) is 5.91 Å². The van der Waals surface area contributed by atoms with Crippen LogP contribution in [0, 0.1) is 17.2 Å². The van der Waals surface area contributed by atoms with Gasteiger partial charge in [-0.15, -0.1) is 0 Å². The van der Waals surface area contributed by atoms with Gasteiger partial charge in [0.05, 0.1) is 0 Å². The minimum absolute atomic E-state index is 0.191. The number of carbonyl (C=O) groups excluding carboxylic acids is 2. The molecule has 1 saturated carbocycles. The second kappa shape index (κ2) is 7.64. The minimum Gasteiger partial charge on any atom is -0.352 e. The molecule has 1 aromatic carbocycles. The highest BCUT2D eigenvalue weighted by atomic mass is 19.1. The van der Waals surface area contributed by atoms with Crippen LogP contribution in [0.25, 0.3) is 0 Å². The van der Waals surface area contributed by atoms with Crippen LogP contribution in [0.2, 0.25) is 0 Å². The zero-order chi connectivity index (χ0) is 18.7. The molecule has 3 rings (SSSR count). The summed E-state index contributed by atoms with van der Waals surface area (Å²) in [5.74, 6) is -0.0860. The molecule has 0 unspecified atom stereocenters. The van der Waals surface area contributed by atoms with E-state index in [9.17, 15) is 14.0 Å². The Morgan fingerprint density at radius 1 is 1.42 bits per heavy atom. The van der Waals surface area contributed by atoms with E-state index in [1.807, 2.05) is 0 Å². The fourth-order valence-electron chi connectivity index (χ4n) is 4.25. The van der Waals surface area contributed by atoms with Crippen molar-refractivity contribution in [2.24, 2.45) is 11.3 Å². The van der Waals surface area contributed by atoms with Crippen LogP contribution < -0.4 is 10.6 Å². The number of nitrogens with one attached hydrogen (secondary N) is 2. The molecule has 1 aliphatic carbocycles. The van der Waals surface area contributed by atoms with Gasteiger partial charge in [-0.2, -0.15) is 0 Å². The van der Waals surface area contributed by atoms with E-state index in [0.29, 0.717) is 31.1 Å². The topological polar surface area (TPSA) is 61.4 Å². The molecular weight excluding hydrogens is 333 g/mol. The van der Waals surface area contributed by atoms with Crippen molar-refractivity contribution in [3.8, 4) is 0 Å². The molecule has 2 fully saturated rings. The van der Waals surface area contributed by atoms with E-state index in [1.165, 1.54) is 23.5 Å². The number of nitrogens with zero attached hydrogens (tertiary/aromatic N) is 1. The van der Waals surface area contributed by atoms with Crippen LogP contribution >= 0.6 is 0 Å². The Hall–Kier alpha value is -2.11. The molecular formula is C20H28FN3O2. The molecule has 5 nitrogen and oxygen atoms in total. The van der Waals surface area contributed by atoms with Crippen molar-refractivity contribution >= 4 is 11.9 Å². The van der Waals surface area contributed by atoms with E-state index in [1.54, 1.807) is 12.1 Å². The van der Waals surface area contributed by atoms with Gasteiger partial charge in [-0.3, -0.25) is 4.79 Å². The minimum atomic E-state index is -0.790. The van der Waals surface area contributed by atoms with Crippen LogP contribution in [0.1, 0.15) is 51.1 Å². The van der Waals surface area contributed by atoms with Crippen LogP contribution in [0.5, 0.6) is 0 Å². The van der Waals surface area contributed by atoms with Crippen molar-refractivity contribution in [1.82, 2.24) is 15.5 Å². The summed E-state index contributed by atoms with van der Waals surface area (Å²) >= 11 is 0. The highest BCUT2D eigenvalue weighted by Gasteiger charge is 2.39. The van der Waals surface area contributed by atoms with Crippen molar-refractivity contribution in [2.45, 2.75) is 45.6 Å². The Morgan fingerprint density at radius 2 is 2.19 bits per heavy atom. The Bertz CT molecular complexity index is 673. The third-order valence-electron chi connectivity index (χ3n) is 5.51. The zero-order valence-electron chi connectivity index (χ0n) is 15.6. The van der Waals surface area contributed by atoms with Gasteiger partial charge in [0.1, 0.15) is 11.9 Å². The van der Waals surface area contributed by atoms with Gasteiger partial charge in [0.15, 0.2) is 0 Å². The summed E-state index contributed by atoms with van der Waals surface area (Å²) in [6, 6.07) is 4.87. The first-order valence-electron chi connectivity index (χ1n) is 9.48. The van der Waals surface area contributed by atoms with E-state index in [4.69, 9.17) is 0 Å². The van der Waals surface area contributed by atoms with Crippen molar-refractivity contribution in [1.29, 1.82) is 0 Å². The van der Waals surface area contributed by atoms with Gasteiger partial charge in [-0.05, 0) is 48.3 Å². The average Bonchev–Trinajstić information content (AvgIpc) is 2.56. The molecule has 1 saturated heterocycles. The average molecular weight is 361 g/mol. The summed E-state index contributed by atoms with van der Waals surface area (Å²) in [4.78, 5) is 26.7. The van der Waals surface area contributed by atoms with Crippen LogP contribution in [0.4, 0.5) is 9.18 Å². The van der Waals surface area contributed by atoms with E-state index in [2.05, 4.69) is 24.5 Å². The summed E-state index contributed by atoms with van der Waals surface area (Å²) in [6.45, 7) is 5.87. The SMILES string of the molecule is CC(C)CC1(CNC(=O)N2CCNC(=O)[C@H]2c2cccc(F)c2)CCC1. The van der Waals surface area contributed by atoms with Crippen LogP contribution in [0.15, 0.2) is 24.3 Å². The number of hydrogen-bond donors (Lipinski definition) is 2. The van der Waals surface area contributed by atoms with Crippen molar-refractivity contribution < 1.29 is 14.0 Å². The van der Waals surface area contributed by atoms with Crippen LogP contribution in [-0.2, 0) is 4.79 Å². The van der Waals surface area contributed by atoms with E-state index in [0.717, 1.165) is 19.3 Å². The zero-order valence-corrected chi connectivity index (χ0v) is 15.6. The molecule has 1 aliphatic heterocycles. The lowest BCUT2D eigenvalue weighted by Gasteiger charge is -2.44. The van der Waals surface area contributed by atoms with E-state index in [-0.39, 0.29) is 17.4 Å². The van der Waals surface area contributed by atoms with Crippen LogP contribution in [0.3, 0.4) is 0 Å². The molecule has 0 spiro atoms. The maximum atomic E-state index is 13.6. The molecule has 0 radical (unpaired) electrons. The lowest BCUT2D eigenvalue weighted by atomic mass is 9.64. The molecule has 142 valence electrons. The lowest BCUT2D eigenvalue weighted by molar-refractivity contribution is -0.127. The molecule has 1 atom stereocenters. The van der Waals surface area contributed by atoms with Gasteiger partial charge >= 0.3 is 6.03 Å². The molecule has 26 heavy (non-hydrogen) atoms. The van der Waals surface area contributed by atoms with Gasteiger partial charge in [-0.25, -0.2) is 9.18 Å². The Balaban J connectivity index is 1.71. The monoisotopic (exact) mass is 361 g/mol. The predicted molar refractivity (Wildman–Crippen MR) is 98.0 cm³/mol. The number of urea groups is 1. The van der Waals surface area contributed by atoms with Crippen molar-refractivity contribution in [3.63, 3.8) is 0 Å². The summed E-state index contributed by atoms with van der Waals surface area (Å²) < 4.78 is 13.6. The second-order valence-electron chi connectivity index (χ2n) is 8.05. The first-order chi connectivity index (χ1) is 12.4. The number of hydrogen-bond acceptors (Lipinski definition) is 2. The van der Waals surface area contributed by atoms with Crippen molar-refractivity contribution in [2.75, 3.05) is 19.6 Å². The normalized spacial score (nSPS) is 21.9. The second-order valence-corrected chi connectivity index (χ2v) is 8.05. The Kier molecular flexibility index (Phi) is 5.49. The molecule has 1 heterocycles. The van der Waals surface area contributed by atoms with Gasteiger partial charge in [-0.1, -0.05) is 32.4 Å². The standard InChI is InChI=1S/C20H28FN3O2/c1-14(2)12-20(7-4-8-20)13-23-19(26)24-10-9-22-18(25)17(24)15-5-3-6-16(21)11-15/h3,5-6,11,14,17H,4,7-10,12-13H2,1-2H3,(H,22,25)(H,23,26)/t17-/m1/s1. The third-order valence-corrected chi connectivity index (χ3v) is 5.51. The Labute approximate surface area is 154 Å². The van der Waals surface area contributed by atoms with Gasteiger partial charge in [0.25, 0.3) is 0 Å². The first-order valence-corrected chi connectivity index (χ1v) is 9.48. The van der Waals surface area contributed by atoms with Crippen molar-refractivity contribution in [3.05, 3.63) is 35.6 Å². The van der Waals surface area contributed by atoms with Crippen LogP contribution in [-0.4, -0.2) is 36.5 Å². The Morgan fingerprint density at radius 3 is 2.81 bits per heavy atom. The number of rotatable bonds is 5. The highest BCUT2D eigenvalue weighted by Crippen LogP contribution is 2.45. The molecule has 0 aromatic heterocycles.